The molecule has 0 amide bonds. The Morgan fingerprint density at radius 3 is 2.56 bits per heavy atom. The Bertz CT molecular complexity index is 369. The monoisotopic (exact) mass is 269 g/mol. The van der Waals surface area contributed by atoms with Gasteiger partial charge in [0.1, 0.15) is 11.6 Å². The fourth-order valence-electron chi connectivity index (χ4n) is 1.71. The summed E-state index contributed by atoms with van der Waals surface area (Å²) in [7, 11) is 4.13. The summed E-state index contributed by atoms with van der Waals surface area (Å²) in [5.41, 5.74) is 0. The second kappa shape index (κ2) is 7.43. The van der Waals surface area contributed by atoms with Crippen LogP contribution in [0.2, 0.25) is 0 Å². The summed E-state index contributed by atoms with van der Waals surface area (Å²) in [4.78, 5) is 11.0. The Kier molecular flexibility index (Phi) is 6.21. The van der Waals surface area contributed by atoms with E-state index in [0.29, 0.717) is 6.04 Å². The first-order chi connectivity index (χ1) is 8.55. The van der Waals surface area contributed by atoms with Crippen molar-refractivity contribution in [1.29, 1.82) is 0 Å². The molecule has 0 bridgehead atoms. The smallest absolute Gasteiger partial charge is 0.191 e. The lowest BCUT2D eigenvalue weighted by atomic mass is 10.3. The van der Waals surface area contributed by atoms with Gasteiger partial charge in [0.15, 0.2) is 5.16 Å². The van der Waals surface area contributed by atoms with Crippen molar-refractivity contribution >= 4 is 23.4 Å². The van der Waals surface area contributed by atoms with Crippen LogP contribution in [-0.4, -0.2) is 54.4 Å². The molecule has 1 unspecified atom stereocenters. The molecule has 0 aromatic carbocycles. The van der Waals surface area contributed by atoms with Gasteiger partial charge in [-0.15, -0.1) is 0 Å². The molecule has 18 heavy (non-hydrogen) atoms. The van der Waals surface area contributed by atoms with Crippen LogP contribution in [0.3, 0.4) is 0 Å². The summed E-state index contributed by atoms with van der Waals surface area (Å²) in [6.07, 6.45) is 1.98. The molecular weight excluding hydrogens is 246 g/mol. The molecule has 0 radical (unpaired) electrons. The van der Waals surface area contributed by atoms with Gasteiger partial charge in [0.25, 0.3) is 0 Å². The van der Waals surface area contributed by atoms with Crippen molar-refractivity contribution in [2.75, 3.05) is 44.1 Å². The lowest BCUT2D eigenvalue weighted by molar-refractivity contribution is 0.392. The summed E-state index contributed by atoms with van der Waals surface area (Å²) in [5.74, 6) is 1.75. The van der Waals surface area contributed by atoms with Gasteiger partial charge < -0.3 is 15.5 Å². The van der Waals surface area contributed by atoms with Crippen molar-refractivity contribution in [1.82, 2.24) is 14.9 Å². The SMILES string of the molecule is CCNc1cc(NC(C)CN(C)C)nc(SC)n1. The zero-order valence-corrected chi connectivity index (χ0v) is 12.6. The molecule has 0 aliphatic heterocycles. The van der Waals surface area contributed by atoms with Crippen LogP contribution in [0.25, 0.3) is 0 Å². The van der Waals surface area contributed by atoms with E-state index in [1.165, 1.54) is 0 Å². The van der Waals surface area contributed by atoms with Crippen LogP contribution < -0.4 is 10.6 Å². The van der Waals surface area contributed by atoms with Gasteiger partial charge in [-0.2, -0.15) is 0 Å². The van der Waals surface area contributed by atoms with Crippen LogP contribution >= 0.6 is 11.8 Å². The van der Waals surface area contributed by atoms with E-state index in [1.807, 2.05) is 12.3 Å². The first-order valence-electron chi connectivity index (χ1n) is 6.13. The quantitative estimate of drug-likeness (QED) is 0.583. The maximum atomic E-state index is 4.46. The van der Waals surface area contributed by atoms with E-state index in [2.05, 4.69) is 53.4 Å². The van der Waals surface area contributed by atoms with Crippen molar-refractivity contribution in [2.45, 2.75) is 25.0 Å². The molecule has 102 valence electrons. The third-order valence-corrected chi connectivity index (χ3v) is 2.83. The third-order valence-electron chi connectivity index (χ3n) is 2.28. The number of anilines is 2. The van der Waals surface area contributed by atoms with Crippen LogP contribution in [0.15, 0.2) is 11.2 Å². The van der Waals surface area contributed by atoms with Crippen LogP contribution in [0.1, 0.15) is 13.8 Å². The number of hydrogen-bond donors (Lipinski definition) is 2. The molecule has 1 atom stereocenters. The minimum atomic E-state index is 0.346. The van der Waals surface area contributed by atoms with Gasteiger partial charge in [0, 0.05) is 25.2 Å². The Balaban J connectivity index is 2.77. The van der Waals surface area contributed by atoms with Crippen molar-refractivity contribution in [2.24, 2.45) is 0 Å². The fraction of sp³-hybridized carbons (Fsp3) is 0.667. The summed E-state index contributed by atoms with van der Waals surface area (Å²) >= 11 is 1.55. The minimum absolute atomic E-state index is 0.346. The highest BCUT2D eigenvalue weighted by Crippen LogP contribution is 2.17. The van der Waals surface area contributed by atoms with E-state index >= 15 is 0 Å². The molecular formula is C12H23N5S. The highest BCUT2D eigenvalue weighted by molar-refractivity contribution is 7.98. The number of hydrogen-bond acceptors (Lipinski definition) is 6. The average Bonchev–Trinajstić information content (AvgIpc) is 2.27. The Morgan fingerprint density at radius 1 is 1.33 bits per heavy atom. The molecule has 0 saturated heterocycles. The van der Waals surface area contributed by atoms with Crippen LogP contribution in [0, 0.1) is 0 Å². The highest BCUT2D eigenvalue weighted by atomic mass is 32.2. The number of thioether (sulfide) groups is 1. The molecule has 1 rings (SSSR count). The standard InChI is InChI=1S/C12H23N5S/c1-6-13-10-7-11(16-12(15-10)18-5)14-9(2)8-17(3)4/h7,9H,6,8H2,1-5H3,(H2,13,14,15,16). The summed E-state index contributed by atoms with van der Waals surface area (Å²) in [5, 5.41) is 7.41. The fourth-order valence-corrected chi connectivity index (χ4v) is 2.09. The lowest BCUT2D eigenvalue weighted by Gasteiger charge is -2.19. The zero-order valence-electron chi connectivity index (χ0n) is 11.8. The Hall–Kier alpha value is -1.01. The van der Waals surface area contributed by atoms with E-state index in [9.17, 15) is 0 Å². The Labute approximate surface area is 114 Å². The molecule has 0 spiro atoms. The second-order valence-corrected chi connectivity index (χ2v) is 5.24. The first kappa shape index (κ1) is 15.0. The Morgan fingerprint density at radius 2 is 2.00 bits per heavy atom. The normalized spacial score (nSPS) is 12.6. The molecule has 1 aromatic heterocycles. The molecule has 2 N–H and O–H groups in total. The molecule has 6 heteroatoms. The number of rotatable bonds is 7. The number of likely N-dealkylation sites (N-methyl/N-ethyl adjacent to an activating group) is 1. The van der Waals surface area contributed by atoms with Crippen molar-refractivity contribution in [3.63, 3.8) is 0 Å². The van der Waals surface area contributed by atoms with Gasteiger partial charge in [-0.1, -0.05) is 11.8 Å². The summed E-state index contributed by atoms with van der Waals surface area (Å²) in [6, 6.07) is 2.30. The van der Waals surface area contributed by atoms with Crippen LogP contribution in [0.4, 0.5) is 11.6 Å². The number of nitrogens with zero attached hydrogens (tertiary/aromatic N) is 3. The molecule has 1 aromatic rings. The maximum absolute atomic E-state index is 4.46. The number of nitrogens with one attached hydrogen (secondary N) is 2. The van der Waals surface area contributed by atoms with E-state index in [-0.39, 0.29) is 0 Å². The van der Waals surface area contributed by atoms with Crippen molar-refractivity contribution in [3.05, 3.63) is 6.07 Å². The lowest BCUT2D eigenvalue weighted by Crippen LogP contribution is -2.30. The summed E-state index contributed by atoms with van der Waals surface area (Å²) in [6.45, 7) is 6.03. The average molecular weight is 269 g/mol. The maximum Gasteiger partial charge on any atom is 0.191 e. The van der Waals surface area contributed by atoms with Crippen molar-refractivity contribution < 1.29 is 0 Å². The van der Waals surface area contributed by atoms with E-state index in [4.69, 9.17) is 0 Å². The predicted molar refractivity (Wildman–Crippen MR) is 79.6 cm³/mol. The highest BCUT2D eigenvalue weighted by Gasteiger charge is 2.07. The molecule has 0 saturated carbocycles. The molecule has 1 heterocycles. The number of aromatic nitrogens is 2. The van der Waals surface area contributed by atoms with E-state index < -0.39 is 0 Å². The zero-order chi connectivity index (χ0) is 13.5. The summed E-state index contributed by atoms with van der Waals surface area (Å²) < 4.78 is 0. The van der Waals surface area contributed by atoms with Crippen LogP contribution in [-0.2, 0) is 0 Å². The van der Waals surface area contributed by atoms with Crippen LogP contribution in [0.5, 0.6) is 0 Å². The van der Waals surface area contributed by atoms with Gasteiger partial charge in [0.05, 0.1) is 0 Å². The largest absolute Gasteiger partial charge is 0.370 e. The van der Waals surface area contributed by atoms with Gasteiger partial charge in [-0.05, 0) is 34.2 Å². The molecule has 0 aliphatic carbocycles. The van der Waals surface area contributed by atoms with E-state index in [1.54, 1.807) is 11.8 Å². The molecule has 0 fully saturated rings. The minimum Gasteiger partial charge on any atom is -0.370 e. The van der Waals surface area contributed by atoms with Gasteiger partial charge >= 0.3 is 0 Å². The van der Waals surface area contributed by atoms with E-state index in [0.717, 1.165) is 29.9 Å². The van der Waals surface area contributed by atoms with Gasteiger partial charge in [-0.25, -0.2) is 9.97 Å². The molecule has 0 aliphatic rings. The predicted octanol–water partition coefficient (Wildman–Crippen LogP) is 1.99. The first-order valence-corrected chi connectivity index (χ1v) is 7.35. The molecule has 5 nitrogen and oxygen atoms in total. The van der Waals surface area contributed by atoms with Crippen molar-refractivity contribution in [3.8, 4) is 0 Å². The second-order valence-electron chi connectivity index (χ2n) is 4.46. The topological polar surface area (TPSA) is 53.1 Å². The van der Waals surface area contributed by atoms with Gasteiger partial charge in [-0.3, -0.25) is 0 Å². The third kappa shape index (κ3) is 5.10. The van der Waals surface area contributed by atoms with Gasteiger partial charge in [0.2, 0.25) is 0 Å².